The molecule has 0 aliphatic carbocycles. The van der Waals surface area contributed by atoms with Crippen molar-refractivity contribution >= 4 is 11.4 Å². The maximum Gasteiger partial charge on any atom is 0.129 e. The van der Waals surface area contributed by atoms with Crippen molar-refractivity contribution in [2.45, 2.75) is 25.0 Å². The standard InChI is InChI=1S/C30H24N2O2/c1-3-11-21(12-4-1)29-19-25(23-15-7-9-17-27(23)33-29)31-32-26-20-30(22-13-5-2-6-14-22)34-28-18-10-8-16-24(26)28/h1-18,29-30H,19-20H2/b31-25-,32-26-. The quantitative estimate of drug-likeness (QED) is 0.322. The van der Waals surface area contributed by atoms with Crippen LogP contribution in [0.25, 0.3) is 0 Å². The summed E-state index contributed by atoms with van der Waals surface area (Å²) in [6, 6.07) is 36.7. The summed E-state index contributed by atoms with van der Waals surface area (Å²) in [7, 11) is 0. The lowest BCUT2D eigenvalue weighted by molar-refractivity contribution is 0.205. The second kappa shape index (κ2) is 8.99. The molecule has 2 aliphatic heterocycles. The summed E-state index contributed by atoms with van der Waals surface area (Å²) in [4.78, 5) is 0. The molecular formula is C30H24N2O2. The van der Waals surface area contributed by atoms with Gasteiger partial charge in [0.15, 0.2) is 0 Å². The summed E-state index contributed by atoms with van der Waals surface area (Å²) in [5.74, 6) is 1.69. The molecule has 0 radical (unpaired) electrons. The first-order valence-corrected chi connectivity index (χ1v) is 11.6. The molecule has 4 aromatic rings. The molecule has 4 nitrogen and oxygen atoms in total. The van der Waals surface area contributed by atoms with Gasteiger partial charge in [-0.1, -0.05) is 84.9 Å². The van der Waals surface area contributed by atoms with E-state index in [1.54, 1.807) is 0 Å². The molecule has 4 heteroatoms. The first-order valence-electron chi connectivity index (χ1n) is 11.6. The number of hydrogen-bond donors (Lipinski definition) is 0. The fourth-order valence-electron chi connectivity index (χ4n) is 4.59. The molecule has 166 valence electrons. The molecule has 0 bridgehead atoms. The van der Waals surface area contributed by atoms with E-state index in [0.717, 1.165) is 45.2 Å². The van der Waals surface area contributed by atoms with Crippen molar-refractivity contribution in [3.63, 3.8) is 0 Å². The molecule has 34 heavy (non-hydrogen) atoms. The number of para-hydroxylation sites is 2. The van der Waals surface area contributed by atoms with Gasteiger partial charge in [-0.2, -0.15) is 10.2 Å². The molecular weight excluding hydrogens is 420 g/mol. The van der Waals surface area contributed by atoms with E-state index < -0.39 is 0 Å². The predicted molar refractivity (Wildman–Crippen MR) is 135 cm³/mol. The van der Waals surface area contributed by atoms with Gasteiger partial charge in [0.25, 0.3) is 0 Å². The first-order chi connectivity index (χ1) is 16.8. The zero-order valence-electron chi connectivity index (χ0n) is 18.7. The van der Waals surface area contributed by atoms with Gasteiger partial charge in [0.2, 0.25) is 0 Å². The van der Waals surface area contributed by atoms with Crippen molar-refractivity contribution in [1.29, 1.82) is 0 Å². The van der Waals surface area contributed by atoms with Crippen molar-refractivity contribution in [2.24, 2.45) is 10.2 Å². The van der Waals surface area contributed by atoms with Crippen molar-refractivity contribution in [2.75, 3.05) is 0 Å². The third-order valence-corrected chi connectivity index (χ3v) is 6.33. The van der Waals surface area contributed by atoms with Gasteiger partial charge in [-0.05, 0) is 35.4 Å². The number of nitrogens with zero attached hydrogens (tertiary/aromatic N) is 2. The number of fused-ring (bicyclic) bond motifs is 2. The van der Waals surface area contributed by atoms with Crippen LogP contribution in [0, 0.1) is 0 Å². The zero-order valence-corrected chi connectivity index (χ0v) is 18.7. The summed E-state index contributed by atoms with van der Waals surface area (Å²) < 4.78 is 12.6. The van der Waals surface area contributed by atoms with Crippen LogP contribution in [0.4, 0.5) is 0 Å². The first kappa shape index (κ1) is 20.4. The van der Waals surface area contributed by atoms with E-state index in [-0.39, 0.29) is 12.2 Å². The number of hydrogen-bond acceptors (Lipinski definition) is 4. The fourth-order valence-corrected chi connectivity index (χ4v) is 4.59. The van der Waals surface area contributed by atoms with E-state index in [1.165, 1.54) is 0 Å². The van der Waals surface area contributed by atoms with E-state index in [4.69, 9.17) is 19.7 Å². The molecule has 2 heterocycles. The van der Waals surface area contributed by atoms with Crippen molar-refractivity contribution in [3.8, 4) is 11.5 Å². The zero-order chi connectivity index (χ0) is 22.7. The Balaban J connectivity index is 1.39. The van der Waals surface area contributed by atoms with Crippen LogP contribution < -0.4 is 9.47 Å². The maximum atomic E-state index is 6.32. The van der Waals surface area contributed by atoms with E-state index in [2.05, 4.69) is 36.4 Å². The lowest BCUT2D eigenvalue weighted by atomic mass is 9.95. The lowest BCUT2D eigenvalue weighted by Crippen LogP contribution is -2.22. The van der Waals surface area contributed by atoms with E-state index in [1.807, 2.05) is 72.8 Å². The van der Waals surface area contributed by atoms with Crippen molar-refractivity contribution in [3.05, 3.63) is 131 Å². The molecule has 0 amide bonds. The largest absolute Gasteiger partial charge is 0.485 e. The van der Waals surface area contributed by atoms with Crippen LogP contribution >= 0.6 is 0 Å². The van der Waals surface area contributed by atoms with Gasteiger partial charge in [0.05, 0.1) is 11.4 Å². The molecule has 0 saturated heterocycles. The molecule has 2 atom stereocenters. The van der Waals surface area contributed by atoms with Crippen LogP contribution in [0.3, 0.4) is 0 Å². The lowest BCUT2D eigenvalue weighted by Gasteiger charge is -2.28. The second-order valence-electron chi connectivity index (χ2n) is 8.53. The van der Waals surface area contributed by atoms with Crippen LogP contribution in [0.1, 0.15) is 47.3 Å². The number of rotatable bonds is 3. The molecule has 2 aliphatic rings. The minimum atomic E-state index is -0.0888. The summed E-state index contributed by atoms with van der Waals surface area (Å²) in [6.07, 6.45) is 1.15. The van der Waals surface area contributed by atoms with Gasteiger partial charge in [-0.25, -0.2) is 0 Å². The Kier molecular flexibility index (Phi) is 5.40. The average molecular weight is 445 g/mol. The maximum absolute atomic E-state index is 6.32. The van der Waals surface area contributed by atoms with E-state index >= 15 is 0 Å². The van der Waals surface area contributed by atoms with Crippen LogP contribution in [0.2, 0.25) is 0 Å². The van der Waals surface area contributed by atoms with Gasteiger partial charge < -0.3 is 9.47 Å². The SMILES string of the molecule is c1ccc(C2C/C(=N/N=C3/CC(c4ccccc4)Oc4ccccc43)c3ccccc3O2)cc1. The molecule has 4 aromatic carbocycles. The molecule has 2 unspecified atom stereocenters. The minimum Gasteiger partial charge on any atom is -0.485 e. The number of benzene rings is 4. The van der Waals surface area contributed by atoms with Crippen molar-refractivity contribution in [1.82, 2.24) is 0 Å². The third-order valence-electron chi connectivity index (χ3n) is 6.33. The van der Waals surface area contributed by atoms with E-state index in [9.17, 15) is 0 Å². The Morgan fingerprint density at radius 1 is 0.471 bits per heavy atom. The summed E-state index contributed by atoms with van der Waals surface area (Å²) in [6.45, 7) is 0. The van der Waals surface area contributed by atoms with Gasteiger partial charge >= 0.3 is 0 Å². The van der Waals surface area contributed by atoms with Crippen LogP contribution in [0.15, 0.2) is 119 Å². The Bertz CT molecular complexity index is 1260. The van der Waals surface area contributed by atoms with Gasteiger partial charge in [-0.3, -0.25) is 0 Å². The monoisotopic (exact) mass is 444 g/mol. The Hall–Kier alpha value is -4.18. The van der Waals surface area contributed by atoms with Crippen LogP contribution in [0.5, 0.6) is 11.5 Å². The topological polar surface area (TPSA) is 43.2 Å². The molecule has 0 saturated carbocycles. The van der Waals surface area contributed by atoms with Gasteiger partial charge in [0.1, 0.15) is 23.7 Å². The molecule has 0 fully saturated rings. The highest BCUT2D eigenvalue weighted by Crippen LogP contribution is 2.37. The third kappa shape index (κ3) is 3.99. The Labute approximate surface area is 199 Å². The smallest absolute Gasteiger partial charge is 0.129 e. The highest BCUT2D eigenvalue weighted by Gasteiger charge is 2.28. The normalized spacial score (nSPS) is 21.3. The molecule has 6 rings (SSSR count). The molecule has 0 spiro atoms. The van der Waals surface area contributed by atoms with Crippen molar-refractivity contribution < 1.29 is 9.47 Å². The summed E-state index contributed by atoms with van der Waals surface area (Å²) in [5, 5.41) is 9.64. The summed E-state index contributed by atoms with van der Waals surface area (Å²) in [5.41, 5.74) is 6.14. The highest BCUT2D eigenvalue weighted by atomic mass is 16.5. The average Bonchev–Trinajstić information content (AvgIpc) is 2.92. The van der Waals surface area contributed by atoms with Crippen LogP contribution in [-0.2, 0) is 0 Å². The molecule has 0 N–H and O–H groups in total. The Morgan fingerprint density at radius 2 is 0.853 bits per heavy atom. The van der Waals surface area contributed by atoms with Gasteiger partial charge in [0, 0.05) is 24.0 Å². The molecule has 0 aromatic heterocycles. The highest BCUT2D eigenvalue weighted by molar-refractivity contribution is 6.07. The van der Waals surface area contributed by atoms with Gasteiger partial charge in [-0.15, -0.1) is 0 Å². The second-order valence-corrected chi connectivity index (χ2v) is 8.53. The van der Waals surface area contributed by atoms with Crippen LogP contribution in [-0.4, -0.2) is 11.4 Å². The summed E-state index contributed by atoms with van der Waals surface area (Å²) >= 11 is 0. The minimum absolute atomic E-state index is 0.0888. The van der Waals surface area contributed by atoms with E-state index in [0.29, 0.717) is 12.8 Å². The Morgan fingerprint density at radius 3 is 1.29 bits per heavy atom. The fraction of sp³-hybridized carbons (Fsp3) is 0.133. The predicted octanol–water partition coefficient (Wildman–Crippen LogP) is 6.93. The number of ether oxygens (including phenoxy) is 2.